The lowest BCUT2D eigenvalue weighted by Crippen LogP contribution is -2.26. The highest BCUT2D eigenvalue weighted by atomic mass is 35.5. The molecule has 0 saturated heterocycles. The Morgan fingerprint density at radius 3 is 2.80 bits per heavy atom. The fraction of sp³-hybridized carbons (Fsp3) is 0.467. The van der Waals surface area contributed by atoms with Gasteiger partial charge in [-0.2, -0.15) is 0 Å². The molecular weight excluding hydrogens is 310 g/mol. The molecular formula is C15H18ClNOS2. The van der Waals surface area contributed by atoms with Crippen LogP contribution in [-0.4, -0.2) is 17.8 Å². The van der Waals surface area contributed by atoms with Gasteiger partial charge in [0.25, 0.3) is 0 Å². The van der Waals surface area contributed by atoms with Crippen LogP contribution in [0, 0.1) is 5.92 Å². The van der Waals surface area contributed by atoms with E-state index in [2.05, 4.69) is 28.9 Å². The Labute approximate surface area is 132 Å². The van der Waals surface area contributed by atoms with E-state index in [1.54, 1.807) is 22.7 Å². The molecule has 0 spiro atoms. The van der Waals surface area contributed by atoms with Crippen LogP contribution in [0.25, 0.3) is 0 Å². The lowest BCUT2D eigenvalue weighted by molar-refractivity contribution is 0.177. The van der Waals surface area contributed by atoms with E-state index in [0.717, 1.165) is 30.1 Å². The Morgan fingerprint density at radius 1 is 1.30 bits per heavy atom. The van der Waals surface area contributed by atoms with Crippen LogP contribution in [0.2, 0.25) is 4.34 Å². The Hall–Kier alpha value is -0.390. The highest BCUT2D eigenvalue weighted by Gasteiger charge is 2.24. The van der Waals surface area contributed by atoms with Crippen LogP contribution >= 0.6 is 34.3 Å². The van der Waals surface area contributed by atoms with Crippen molar-refractivity contribution < 1.29 is 5.11 Å². The number of thiophene rings is 2. The minimum atomic E-state index is -0.0989. The number of rotatable bonds is 5. The zero-order valence-corrected chi connectivity index (χ0v) is 13.5. The Balaban J connectivity index is 1.70. The Bertz CT molecular complexity index is 540. The van der Waals surface area contributed by atoms with Crippen LogP contribution in [0.15, 0.2) is 29.6 Å². The van der Waals surface area contributed by atoms with E-state index in [1.165, 1.54) is 9.75 Å². The van der Waals surface area contributed by atoms with Gasteiger partial charge in [0.2, 0.25) is 0 Å². The standard InChI is InChI=1S/C15H18ClNOS2/c16-14-6-5-13(20-14)15(12-2-1-7-19-12)17-9-10-3-4-11(18)8-10/h1-2,5-7,10-11,15,17-18H,3-4,8-9H2. The maximum Gasteiger partial charge on any atom is 0.0931 e. The van der Waals surface area contributed by atoms with Crippen LogP contribution < -0.4 is 5.32 Å². The molecule has 1 aliphatic rings. The maximum absolute atomic E-state index is 9.63. The molecule has 108 valence electrons. The third-order valence-electron chi connectivity index (χ3n) is 3.83. The molecule has 2 heterocycles. The minimum absolute atomic E-state index is 0.0989. The Kier molecular flexibility index (Phi) is 4.79. The lowest BCUT2D eigenvalue weighted by atomic mass is 10.1. The third-order valence-corrected chi connectivity index (χ3v) is 6.06. The molecule has 1 aliphatic carbocycles. The average Bonchev–Trinajstić information content (AvgIpc) is 3.13. The predicted octanol–water partition coefficient (Wildman–Crippen LogP) is 4.30. The van der Waals surface area contributed by atoms with Gasteiger partial charge in [-0.05, 0) is 55.3 Å². The van der Waals surface area contributed by atoms with Crippen molar-refractivity contribution >= 4 is 34.3 Å². The van der Waals surface area contributed by atoms with Crippen molar-refractivity contribution in [1.82, 2.24) is 5.32 Å². The summed E-state index contributed by atoms with van der Waals surface area (Å²) >= 11 is 9.48. The highest BCUT2D eigenvalue weighted by Crippen LogP contribution is 2.34. The maximum atomic E-state index is 9.63. The summed E-state index contributed by atoms with van der Waals surface area (Å²) in [6.07, 6.45) is 2.89. The molecule has 0 aliphatic heterocycles. The fourth-order valence-electron chi connectivity index (χ4n) is 2.80. The van der Waals surface area contributed by atoms with Crippen molar-refractivity contribution in [2.24, 2.45) is 5.92 Å². The molecule has 5 heteroatoms. The van der Waals surface area contributed by atoms with Gasteiger partial charge in [0.05, 0.1) is 16.5 Å². The molecule has 0 amide bonds. The van der Waals surface area contributed by atoms with E-state index in [0.29, 0.717) is 5.92 Å². The molecule has 20 heavy (non-hydrogen) atoms. The monoisotopic (exact) mass is 327 g/mol. The van der Waals surface area contributed by atoms with Crippen LogP contribution in [0.4, 0.5) is 0 Å². The number of aliphatic hydroxyl groups is 1. The molecule has 1 fully saturated rings. The summed E-state index contributed by atoms with van der Waals surface area (Å²) in [4.78, 5) is 2.58. The molecule has 3 rings (SSSR count). The summed E-state index contributed by atoms with van der Waals surface area (Å²) in [5, 5.41) is 15.4. The first-order chi connectivity index (χ1) is 9.72. The first kappa shape index (κ1) is 14.5. The molecule has 0 aromatic carbocycles. The second-order valence-electron chi connectivity index (χ2n) is 5.33. The first-order valence-corrected chi connectivity index (χ1v) is 9.00. The second-order valence-corrected chi connectivity index (χ2v) is 8.06. The number of hydrogen-bond donors (Lipinski definition) is 2. The fourth-order valence-corrected chi connectivity index (χ4v) is 4.85. The number of nitrogens with one attached hydrogen (secondary N) is 1. The van der Waals surface area contributed by atoms with Crippen molar-refractivity contribution in [3.63, 3.8) is 0 Å². The summed E-state index contributed by atoms with van der Waals surface area (Å²) < 4.78 is 0.833. The summed E-state index contributed by atoms with van der Waals surface area (Å²) in [7, 11) is 0. The zero-order valence-electron chi connectivity index (χ0n) is 11.1. The molecule has 3 atom stereocenters. The van der Waals surface area contributed by atoms with Gasteiger partial charge < -0.3 is 10.4 Å². The largest absolute Gasteiger partial charge is 0.393 e. The smallest absolute Gasteiger partial charge is 0.0931 e. The lowest BCUT2D eigenvalue weighted by Gasteiger charge is -2.19. The van der Waals surface area contributed by atoms with E-state index < -0.39 is 0 Å². The van der Waals surface area contributed by atoms with E-state index in [1.807, 2.05) is 6.07 Å². The van der Waals surface area contributed by atoms with Gasteiger partial charge in [-0.25, -0.2) is 0 Å². The number of halogens is 1. The van der Waals surface area contributed by atoms with Gasteiger partial charge in [0.1, 0.15) is 0 Å². The van der Waals surface area contributed by atoms with Crippen LogP contribution in [0.5, 0.6) is 0 Å². The van der Waals surface area contributed by atoms with Crippen molar-refractivity contribution in [2.45, 2.75) is 31.4 Å². The van der Waals surface area contributed by atoms with Gasteiger partial charge in [0, 0.05) is 9.75 Å². The van der Waals surface area contributed by atoms with Crippen LogP contribution in [-0.2, 0) is 0 Å². The van der Waals surface area contributed by atoms with Crippen LogP contribution in [0.3, 0.4) is 0 Å². The summed E-state index contributed by atoms with van der Waals surface area (Å²) in [6, 6.07) is 8.55. The normalized spacial score (nSPS) is 24.1. The van der Waals surface area contributed by atoms with Crippen molar-refractivity contribution in [3.05, 3.63) is 43.7 Å². The average molecular weight is 328 g/mol. The molecule has 1 saturated carbocycles. The molecule has 3 unspecified atom stereocenters. The number of hydrogen-bond acceptors (Lipinski definition) is 4. The molecule has 0 radical (unpaired) electrons. The zero-order chi connectivity index (χ0) is 13.9. The van der Waals surface area contributed by atoms with Crippen molar-refractivity contribution in [3.8, 4) is 0 Å². The molecule has 0 bridgehead atoms. The van der Waals surface area contributed by atoms with E-state index >= 15 is 0 Å². The molecule has 2 nitrogen and oxygen atoms in total. The summed E-state index contributed by atoms with van der Waals surface area (Å²) in [6.45, 7) is 0.954. The van der Waals surface area contributed by atoms with Crippen molar-refractivity contribution in [1.29, 1.82) is 0 Å². The summed E-state index contributed by atoms with van der Waals surface area (Å²) in [5.41, 5.74) is 0. The highest BCUT2D eigenvalue weighted by molar-refractivity contribution is 7.16. The SMILES string of the molecule is OC1CCC(CNC(c2cccs2)c2ccc(Cl)s2)C1. The molecule has 2 N–H and O–H groups in total. The summed E-state index contributed by atoms with van der Waals surface area (Å²) in [5.74, 6) is 0.586. The van der Waals surface area contributed by atoms with E-state index in [9.17, 15) is 5.11 Å². The quantitative estimate of drug-likeness (QED) is 0.858. The van der Waals surface area contributed by atoms with E-state index in [-0.39, 0.29) is 12.1 Å². The first-order valence-electron chi connectivity index (χ1n) is 6.92. The second kappa shape index (κ2) is 6.58. The van der Waals surface area contributed by atoms with Gasteiger partial charge >= 0.3 is 0 Å². The van der Waals surface area contributed by atoms with Crippen LogP contribution in [0.1, 0.15) is 35.1 Å². The third kappa shape index (κ3) is 3.43. The van der Waals surface area contributed by atoms with Gasteiger partial charge in [-0.15, -0.1) is 22.7 Å². The van der Waals surface area contributed by atoms with Gasteiger partial charge in [-0.3, -0.25) is 0 Å². The van der Waals surface area contributed by atoms with Gasteiger partial charge in [0.15, 0.2) is 0 Å². The molecule has 2 aromatic heterocycles. The predicted molar refractivity (Wildman–Crippen MR) is 86.8 cm³/mol. The molecule has 2 aromatic rings. The Morgan fingerprint density at radius 2 is 2.20 bits per heavy atom. The van der Waals surface area contributed by atoms with Gasteiger partial charge in [-0.1, -0.05) is 17.7 Å². The topological polar surface area (TPSA) is 32.3 Å². The van der Waals surface area contributed by atoms with E-state index in [4.69, 9.17) is 11.6 Å². The van der Waals surface area contributed by atoms with Crippen molar-refractivity contribution in [2.75, 3.05) is 6.54 Å². The number of aliphatic hydroxyl groups excluding tert-OH is 1. The minimum Gasteiger partial charge on any atom is -0.393 e.